The highest BCUT2D eigenvalue weighted by molar-refractivity contribution is 6.31. The number of halogens is 1. The summed E-state index contributed by atoms with van der Waals surface area (Å²) in [5, 5.41) is 8.38. The van der Waals surface area contributed by atoms with E-state index in [1.54, 1.807) is 31.3 Å². The van der Waals surface area contributed by atoms with Gasteiger partial charge in [-0.1, -0.05) is 23.7 Å². The first-order valence-corrected chi connectivity index (χ1v) is 13.4. The van der Waals surface area contributed by atoms with Crippen LogP contribution in [0.2, 0.25) is 5.02 Å². The first kappa shape index (κ1) is 28.5. The number of likely N-dealkylation sites (N-methyl/N-ethyl adjacent to an activating group) is 1. The number of ether oxygens (including phenoxy) is 1. The third kappa shape index (κ3) is 8.01. The molecule has 0 aromatic heterocycles. The molecule has 0 saturated carbocycles. The molecule has 4 amide bonds. The molecule has 0 radical (unpaired) electrons. The average Bonchev–Trinajstić information content (AvgIpc) is 3.31. The fourth-order valence-corrected chi connectivity index (χ4v) is 5.17. The number of nitrogens with one attached hydrogen (secondary N) is 3. The Hall–Kier alpha value is -3.47. The summed E-state index contributed by atoms with van der Waals surface area (Å²) in [5.41, 5.74) is 2.48. The topological polar surface area (TPSA) is 120 Å². The normalized spacial score (nSPS) is 19.6. The maximum atomic E-state index is 12.6. The molecule has 2 atom stereocenters. The van der Waals surface area contributed by atoms with Crippen molar-refractivity contribution >= 4 is 41.4 Å². The number of hydrogen-bond acceptors (Lipinski definition) is 7. The lowest BCUT2D eigenvalue weighted by Gasteiger charge is -2.30. The van der Waals surface area contributed by atoms with Gasteiger partial charge in [0.2, 0.25) is 11.8 Å². The summed E-state index contributed by atoms with van der Waals surface area (Å²) in [6.07, 6.45) is 2.57. The molecule has 4 rings (SSSR count). The standard InChI is InChI=1S/C28H34ClN5O5/c1-33-8-7-19(14-33)17-39-24-11-22(29)10-23(12-24)31-28(38)30-13-18-3-4-20(21(9-18)16-35)15-34(2)25-5-6-26(36)32-27(25)37/h3-4,9-12,16,19,25H,5-8,13-15,17H2,1-2H3,(H2,30,31,38)(H,32,36,37). The monoisotopic (exact) mass is 555 g/mol. The second kappa shape index (κ2) is 13.1. The fourth-order valence-electron chi connectivity index (χ4n) is 4.94. The largest absolute Gasteiger partial charge is 0.493 e. The minimum absolute atomic E-state index is 0.203. The number of anilines is 1. The van der Waals surface area contributed by atoms with Gasteiger partial charge >= 0.3 is 6.03 Å². The predicted octanol–water partition coefficient (Wildman–Crippen LogP) is 3.04. The zero-order chi connectivity index (χ0) is 27.9. The van der Waals surface area contributed by atoms with E-state index in [-0.39, 0.29) is 24.8 Å². The van der Waals surface area contributed by atoms with Gasteiger partial charge in [-0.25, -0.2) is 4.79 Å². The van der Waals surface area contributed by atoms with Crippen molar-refractivity contribution in [3.8, 4) is 5.75 Å². The van der Waals surface area contributed by atoms with Crippen molar-refractivity contribution < 1.29 is 23.9 Å². The molecular weight excluding hydrogens is 522 g/mol. The predicted molar refractivity (Wildman–Crippen MR) is 148 cm³/mol. The number of carbonyl (C=O) groups is 4. The fraction of sp³-hybridized carbons (Fsp3) is 0.429. The van der Waals surface area contributed by atoms with Gasteiger partial charge in [-0.15, -0.1) is 0 Å². The van der Waals surface area contributed by atoms with Gasteiger partial charge in [-0.2, -0.15) is 0 Å². The number of carbonyl (C=O) groups excluding carboxylic acids is 4. The van der Waals surface area contributed by atoms with Crippen molar-refractivity contribution in [1.82, 2.24) is 20.4 Å². The third-order valence-electron chi connectivity index (χ3n) is 7.06. The summed E-state index contributed by atoms with van der Waals surface area (Å²) in [4.78, 5) is 52.0. The van der Waals surface area contributed by atoms with E-state index in [1.807, 2.05) is 17.0 Å². The molecule has 11 heteroatoms. The summed E-state index contributed by atoms with van der Waals surface area (Å²) >= 11 is 6.24. The molecule has 2 fully saturated rings. The number of rotatable bonds is 10. The minimum Gasteiger partial charge on any atom is -0.493 e. The molecule has 39 heavy (non-hydrogen) atoms. The third-order valence-corrected chi connectivity index (χ3v) is 7.27. The van der Waals surface area contributed by atoms with Crippen LogP contribution in [-0.2, 0) is 22.7 Å². The Bertz CT molecular complexity index is 1240. The van der Waals surface area contributed by atoms with Crippen LogP contribution in [0.25, 0.3) is 0 Å². The Balaban J connectivity index is 1.30. The molecule has 0 spiro atoms. The lowest BCUT2D eigenvalue weighted by molar-refractivity contribution is -0.137. The number of imide groups is 1. The van der Waals surface area contributed by atoms with E-state index in [4.69, 9.17) is 16.3 Å². The summed E-state index contributed by atoms with van der Waals surface area (Å²) < 4.78 is 5.93. The molecule has 208 valence electrons. The van der Waals surface area contributed by atoms with Crippen LogP contribution in [0.4, 0.5) is 10.5 Å². The first-order chi connectivity index (χ1) is 18.7. The van der Waals surface area contributed by atoms with E-state index in [2.05, 4.69) is 27.9 Å². The van der Waals surface area contributed by atoms with E-state index in [0.29, 0.717) is 47.5 Å². The molecule has 2 aromatic carbocycles. The smallest absolute Gasteiger partial charge is 0.319 e. The number of likely N-dealkylation sites (tertiary alicyclic amines) is 1. The summed E-state index contributed by atoms with van der Waals surface area (Å²) in [6.45, 7) is 3.22. The summed E-state index contributed by atoms with van der Waals surface area (Å²) in [6, 6.07) is 9.61. The maximum Gasteiger partial charge on any atom is 0.319 e. The van der Waals surface area contributed by atoms with Gasteiger partial charge in [0.25, 0.3) is 0 Å². The number of piperidine rings is 1. The Labute approximate surface area is 233 Å². The molecule has 3 N–H and O–H groups in total. The van der Waals surface area contributed by atoms with Gasteiger partial charge < -0.3 is 20.3 Å². The number of amides is 4. The van der Waals surface area contributed by atoms with Gasteiger partial charge in [0.1, 0.15) is 12.0 Å². The lowest BCUT2D eigenvalue weighted by Crippen LogP contribution is -2.51. The highest BCUT2D eigenvalue weighted by atomic mass is 35.5. The van der Waals surface area contributed by atoms with Crippen LogP contribution in [0.15, 0.2) is 36.4 Å². The SMILES string of the molecule is CN1CCC(COc2cc(Cl)cc(NC(=O)NCc3ccc(CN(C)C4CCC(=O)NC4=O)c(C=O)c3)c2)C1. The van der Waals surface area contributed by atoms with Crippen molar-refractivity contribution in [2.75, 3.05) is 39.1 Å². The minimum atomic E-state index is -0.436. The van der Waals surface area contributed by atoms with Crippen molar-refractivity contribution in [3.63, 3.8) is 0 Å². The molecular formula is C28H34ClN5O5. The van der Waals surface area contributed by atoms with Crippen molar-refractivity contribution in [2.45, 2.75) is 38.4 Å². The van der Waals surface area contributed by atoms with Gasteiger partial charge in [-0.3, -0.25) is 24.6 Å². The number of nitrogens with zero attached hydrogens (tertiary/aromatic N) is 2. The average molecular weight is 556 g/mol. The summed E-state index contributed by atoms with van der Waals surface area (Å²) in [7, 11) is 3.88. The van der Waals surface area contributed by atoms with Crippen LogP contribution < -0.4 is 20.7 Å². The molecule has 2 aliphatic rings. The van der Waals surface area contributed by atoms with Gasteiger partial charge in [0.05, 0.1) is 12.6 Å². The molecule has 2 aliphatic heterocycles. The molecule has 2 unspecified atom stereocenters. The van der Waals surface area contributed by atoms with E-state index >= 15 is 0 Å². The maximum absolute atomic E-state index is 12.6. The van der Waals surface area contributed by atoms with Crippen LogP contribution in [0.3, 0.4) is 0 Å². The van der Waals surface area contributed by atoms with E-state index in [9.17, 15) is 19.2 Å². The Morgan fingerprint density at radius 3 is 2.77 bits per heavy atom. The van der Waals surface area contributed by atoms with Crippen LogP contribution in [0.5, 0.6) is 5.75 Å². The molecule has 2 aromatic rings. The Kier molecular flexibility index (Phi) is 9.55. The van der Waals surface area contributed by atoms with Crippen molar-refractivity contribution in [2.24, 2.45) is 5.92 Å². The van der Waals surface area contributed by atoms with Crippen LogP contribution in [-0.4, -0.2) is 73.8 Å². The molecule has 10 nitrogen and oxygen atoms in total. The molecule has 2 saturated heterocycles. The van der Waals surface area contributed by atoms with E-state index < -0.39 is 12.1 Å². The highest BCUT2D eigenvalue weighted by Crippen LogP contribution is 2.26. The zero-order valence-electron chi connectivity index (χ0n) is 22.2. The zero-order valence-corrected chi connectivity index (χ0v) is 22.9. The highest BCUT2D eigenvalue weighted by Gasteiger charge is 2.30. The number of aldehydes is 1. The van der Waals surface area contributed by atoms with Crippen LogP contribution in [0.1, 0.15) is 40.7 Å². The van der Waals surface area contributed by atoms with Gasteiger partial charge in [0, 0.05) is 54.3 Å². The van der Waals surface area contributed by atoms with Gasteiger partial charge in [0.15, 0.2) is 0 Å². The van der Waals surface area contributed by atoms with Crippen LogP contribution >= 0.6 is 11.6 Å². The molecule has 0 bridgehead atoms. The molecule has 0 aliphatic carbocycles. The van der Waals surface area contributed by atoms with Gasteiger partial charge in [-0.05, 0) is 62.8 Å². The number of benzene rings is 2. The van der Waals surface area contributed by atoms with Crippen molar-refractivity contribution in [3.05, 3.63) is 58.1 Å². The molecule has 2 heterocycles. The van der Waals surface area contributed by atoms with Crippen molar-refractivity contribution in [1.29, 1.82) is 0 Å². The van der Waals surface area contributed by atoms with Crippen LogP contribution in [0, 0.1) is 5.92 Å². The Morgan fingerprint density at radius 1 is 1.23 bits per heavy atom. The summed E-state index contributed by atoms with van der Waals surface area (Å²) in [5.74, 6) is 0.471. The quantitative estimate of drug-likeness (QED) is 0.304. The number of urea groups is 1. The van der Waals surface area contributed by atoms with E-state index in [0.717, 1.165) is 36.9 Å². The Morgan fingerprint density at radius 2 is 2.05 bits per heavy atom. The van der Waals surface area contributed by atoms with E-state index in [1.165, 1.54) is 0 Å². The number of hydrogen-bond donors (Lipinski definition) is 3. The first-order valence-electron chi connectivity index (χ1n) is 13.0. The second-order valence-electron chi connectivity index (χ2n) is 10.2. The lowest BCUT2D eigenvalue weighted by atomic mass is 10.0. The second-order valence-corrected chi connectivity index (χ2v) is 10.7.